The number of benzene rings is 1. The Bertz CT molecular complexity index is 706. The second kappa shape index (κ2) is 9.11. The SMILES string of the molecule is CCOC(=O)N1CCN(C(=O)C2CC(c3ccc(OC)cc3OC)NN2)CC1. The van der Waals surface area contributed by atoms with Crippen LogP contribution in [0.25, 0.3) is 0 Å². The Balaban J connectivity index is 1.57. The number of hydrogen-bond donors (Lipinski definition) is 2. The number of rotatable bonds is 5. The van der Waals surface area contributed by atoms with Gasteiger partial charge in [0.2, 0.25) is 5.91 Å². The summed E-state index contributed by atoms with van der Waals surface area (Å²) in [5.74, 6) is 1.47. The van der Waals surface area contributed by atoms with Crippen molar-refractivity contribution >= 4 is 12.0 Å². The second-order valence-corrected chi connectivity index (χ2v) is 6.75. The third-order valence-corrected chi connectivity index (χ3v) is 5.13. The van der Waals surface area contributed by atoms with Crippen LogP contribution in [0, 0.1) is 0 Å². The lowest BCUT2D eigenvalue weighted by atomic mass is 10.00. The van der Waals surface area contributed by atoms with Crippen molar-refractivity contribution in [1.29, 1.82) is 0 Å². The Morgan fingerprint density at radius 2 is 1.79 bits per heavy atom. The molecule has 28 heavy (non-hydrogen) atoms. The van der Waals surface area contributed by atoms with Gasteiger partial charge in [0.05, 0.1) is 26.9 Å². The molecule has 2 amide bonds. The molecule has 154 valence electrons. The largest absolute Gasteiger partial charge is 0.497 e. The smallest absolute Gasteiger partial charge is 0.409 e. The maximum Gasteiger partial charge on any atom is 0.409 e. The van der Waals surface area contributed by atoms with Gasteiger partial charge >= 0.3 is 6.09 Å². The number of piperazine rings is 1. The normalized spacial score (nSPS) is 22.1. The third kappa shape index (κ3) is 4.31. The van der Waals surface area contributed by atoms with E-state index in [-0.39, 0.29) is 24.1 Å². The minimum Gasteiger partial charge on any atom is -0.497 e. The van der Waals surface area contributed by atoms with Crippen LogP contribution in [-0.2, 0) is 9.53 Å². The zero-order valence-electron chi connectivity index (χ0n) is 16.6. The minimum absolute atomic E-state index is 0.0333. The van der Waals surface area contributed by atoms with E-state index in [1.165, 1.54) is 0 Å². The van der Waals surface area contributed by atoms with Crippen molar-refractivity contribution in [2.45, 2.75) is 25.4 Å². The monoisotopic (exact) mass is 392 g/mol. The van der Waals surface area contributed by atoms with Crippen LogP contribution in [0.15, 0.2) is 18.2 Å². The Labute approximate surface area is 164 Å². The molecular weight excluding hydrogens is 364 g/mol. The highest BCUT2D eigenvalue weighted by atomic mass is 16.6. The molecule has 0 saturated carbocycles. The van der Waals surface area contributed by atoms with E-state index in [2.05, 4.69) is 10.9 Å². The van der Waals surface area contributed by atoms with Gasteiger partial charge in [-0.3, -0.25) is 4.79 Å². The first kappa shape index (κ1) is 20.2. The predicted molar refractivity (Wildman–Crippen MR) is 102 cm³/mol. The van der Waals surface area contributed by atoms with Gasteiger partial charge in [-0.2, -0.15) is 0 Å². The van der Waals surface area contributed by atoms with E-state index in [9.17, 15) is 9.59 Å². The van der Waals surface area contributed by atoms with Gasteiger partial charge in [-0.05, 0) is 19.4 Å². The summed E-state index contributed by atoms with van der Waals surface area (Å²) >= 11 is 0. The van der Waals surface area contributed by atoms with E-state index in [1.807, 2.05) is 18.2 Å². The Morgan fingerprint density at radius 1 is 1.07 bits per heavy atom. The molecule has 1 aromatic rings. The number of amides is 2. The molecule has 0 aromatic heterocycles. The van der Waals surface area contributed by atoms with Gasteiger partial charge in [-0.1, -0.05) is 6.07 Å². The lowest BCUT2D eigenvalue weighted by molar-refractivity contribution is -0.134. The summed E-state index contributed by atoms with van der Waals surface area (Å²) in [5, 5.41) is 0. The molecule has 0 aliphatic carbocycles. The molecule has 2 atom stereocenters. The number of ether oxygens (including phenoxy) is 3. The highest BCUT2D eigenvalue weighted by Crippen LogP contribution is 2.33. The number of hydrazine groups is 1. The predicted octanol–water partition coefficient (Wildman–Crippen LogP) is 0.912. The van der Waals surface area contributed by atoms with Crippen LogP contribution in [0.1, 0.15) is 24.9 Å². The first-order chi connectivity index (χ1) is 13.6. The van der Waals surface area contributed by atoms with E-state index in [1.54, 1.807) is 30.9 Å². The van der Waals surface area contributed by atoms with Crippen molar-refractivity contribution in [3.8, 4) is 11.5 Å². The Hall–Kier alpha value is -2.52. The average Bonchev–Trinajstić information content (AvgIpc) is 3.23. The molecule has 3 rings (SSSR count). The fraction of sp³-hybridized carbons (Fsp3) is 0.579. The fourth-order valence-corrected chi connectivity index (χ4v) is 3.57. The Morgan fingerprint density at radius 3 is 2.43 bits per heavy atom. The van der Waals surface area contributed by atoms with Gasteiger partial charge in [0.1, 0.15) is 17.5 Å². The first-order valence-electron chi connectivity index (χ1n) is 9.50. The molecule has 2 aliphatic heterocycles. The highest BCUT2D eigenvalue weighted by Gasteiger charge is 2.35. The van der Waals surface area contributed by atoms with Crippen LogP contribution >= 0.6 is 0 Å². The lowest BCUT2D eigenvalue weighted by Crippen LogP contribution is -2.54. The molecule has 2 fully saturated rings. The van der Waals surface area contributed by atoms with Crippen molar-refractivity contribution in [3.63, 3.8) is 0 Å². The average molecular weight is 392 g/mol. The van der Waals surface area contributed by atoms with E-state index in [4.69, 9.17) is 14.2 Å². The molecule has 0 radical (unpaired) electrons. The number of nitrogens with zero attached hydrogens (tertiary/aromatic N) is 2. The van der Waals surface area contributed by atoms with Crippen LogP contribution < -0.4 is 20.3 Å². The number of methoxy groups -OCH3 is 2. The standard InChI is InChI=1S/C19H28N4O5/c1-4-28-19(25)23-9-7-22(8-10-23)18(24)16-12-15(20-21-16)14-6-5-13(26-2)11-17(14)27-3/h5-6,11,15-16,20-21H,4,7-10,12H2,1-3H3. The van der Waals surface area contributed by atoms with Crippen molar-refractivity contribution in [2.24, 2.45) is 0 Å². The van der Waals surface area contributed by atoms with Crippen molar-refractivity contribution < 1.29 is 23.8 Å². The molecule has 2 unspecified atom stereocenters. The molecule has 0 bridgehead atoms. The van der Waals surface area contributed by atoms with Gasteiger partial charge in [-0.25, -0.2) is 15.6 Å². The topological polar surface area (TPSA) is 92.4 Å². The van der Waals surface area contributed by atoms with Gasteiger partial charge in [0.15, 0.2) is 0 Å². The molecule has 1 aromatic carbocycles. The summed E-state index contributed by atoms with van der Waals surface area (Å²) in [6, 6.07) is 5.29. The molecule has 9 nitrogen and oxygen atoms in total. The summed E-state index contributed by atoms with van der Waals surface area (Å²) in [6.07, 6.45) is 0.293. The van der Waals surface area contributed by atoms with Crippen molar-refractivity contribution in [2.75, 3.05) is 47.0 Å². The number of carbonyl (C=O) groups excluding carboxylic acids is 2. The molecule has 2 heterocycles. The van der Waals surface area contributed by atoms with Crippen molar-refractivity contribution in [1.82, 2.24) is 20.7 Å². The summed E-state index contributed by atoms with van der Waals surface area (Å²) in [4.78, 5) is 28.1. The van der Waals surface area contributed by atoms with E-state index < -0.39 is 0 Å². The molecule has 2 saturated heterocycles. The van der Waals surface area contributed by atoms with Crippen LogP contribution in [0.5, 0.6) is 11.5 Å². The first-order valence-corrected chi connectivity index (χ1v) is 9.50. The zero-order valence-corrected chi connectivity index (χ0v) is 16.6. The minimum atomic E-state index is -0.328. The number of carbonyl (C=O) groups is 2. The van der Waals surface area contributed by atoms with Gasteiger partial charge in [0, 0.05) is 37.8 Å². The van der Waals surface area contributed by atoms with Crippen LogP contribution in [0.4, 0.5) is 4.79 Å². The number of hydrogen-bond acceptors (Lipinski definition) is 7. The van der Waals surface area contributed by atoms with Gasteiger partial charge in [0.25, 0.3) is 0 Å². The second-order valence-electron chi connectivity index (χ2n) is 6.75. The van der Waals surface area contributed by atoms with Crippen LogP contribution in [0.3, 0.4) is 0 Å². The molecule has 2 N–H and O–H groups in total. The van der Waals surface area contributed by atoms with Crippen LogP contribution in [0.2, 0.25) is 0 Å². The maximum atomic E-state index is 12.9. The molecule has 0 spiro atoms. The summed E-state index contributed by atoms with van der Waals surface area (Å²) < 4.78 is 15.7. The Kier molecular flexibility index (Phi) is 6.58. The molecule has 2 aliphatic rings. The fourth-order valence-electron chi connectivity index (χ4n) is 3.57. The quantitative estimate of drug-likeness (QED) is 0.770. The zero-order chi connectivity index (χ0) is 20.1. The third-order valence-electron chi connectivity index (χ3n) is 5.13. The summed E-state index contributed by atoms with van der Waals surface area (Å²) in [6.45, 7) is 4.12. The van der Waals surface area contributed by atoms with Gasteiger partial charge in [-0.15, -0.1) is 0 Å². The lowest BCUT2D eigenvalue weighted by Gasteiger charge is -2.35. The summed E-state index contributed by atoms with van der Waals surface area (Å²) in [7, 11) is 3.23. The maximum absolute atomic E-state index is 12.9. The van der Waals surface area contributed by atoms with E-state index in [0.717, 1.165) is 17.1 Å². The number of nitrogens with one attached hydrogen (secondary N) is 2. The van der Waals surface area contributed by atoms with Crippen molar-refractivity contribution in [3.05, 3.63) is 23.8 Å². The van der Waals surface area contributed by atoms with E-state index >= 15 is 0 Å². The van der Waals surface area contributed by atoms with E-state index in [0.29, 0.717) is 39.2 Å². The summed E-state index contributed by atoms with van der Waals surface area (Å²) in [5.41, 5.74) is 7.27. The highest BCUT2D eigenvalue weighted by molar-refractivity contribution is 5.82. The molecule has 9 heteroatoms. The van der Waals surface area contributed by atoms with Gasteiger partial charge < -0.3 is 24.0 Å². The molecular formula is C19H28N4O5. The van der Waals surface area contributed by atoms with Crippen LogP contribution in [-0.4, -0.2) is 74.8 Å².